The average Bonchev–Trinajstić information content (AvgIpc) is 2.45. The third-order valence-electron chi connectivity index (χ3n) is 2.28. The fourth-order valence-corrected chi connectivity index (χ4v) is 1.57. The Bertz CT molecular complexity index is 385. The summed E-state index contributed by atoms with van der Waals surface area (Å²) in [7, 11) is 0. The summed E-state index contributed by atoms with van der Waals surface area (Å²) in [6, 6.07) is 0. The van der Waals surface area contributed by atoms with Gasteiger partial charge in [0.25, 0.3) is 0 Å². The zero-order valence-electron chi connectivity index (χ0n) is 10.5. The number of rotatable bonds is 3. The summed E-state index contributed by atoms with van der Waals surface area (Å²) >= 11 is 0. The molecule has 0 amide bonds. The Hall–Kier alpha value is -1.32. The van der Waals surface area contributed by atoms with Gasteiger partial charge in [0.05, 0.1) is 0 Å². The largest absolute Gasteiger partial charge is 0.477 e. The first kappa shape index (κ1) is 12.7. The van der Waals surface area contributed by atoms with Crippen molar-refractivity contribution in [3.8, 4) is 0 Å². The van der Waals surface area contributed by atoms with Gasteiger partial charge in [0.2, 0.25) is 0 Å². The molecule has 0 aliphatic heterocycles. The second-order valence-electron chi connectivity index (χ2n) is 5.48. The monoisotopic (exact) mass is 225 g/mol. The van der Waals surface area contributed by atoms with Gasteiger partial charge in [0, 0.05) is 11.8 Å². The summed E-state index contributed by atoms with van der Waals surface area (Å²) in [6.07, 6.45) is 0.602. The zero-order valence-corrected chi connectivity index (χ0v) is 10.5. The first-order valence-corrected chi connectivity index (χ1v) is 5.45. The number of carboxylic acid groups (broad SMARTS) is 1. The fraction of sp³-hybridized carbons (Fsp3) is 0.667. The maximum absolute atomic E-state index is 11.2. The van der Waals surface area contributed by atoms with Crippen molar-refractivity contribution in [3.05, 3.63) is 17.0 Å². The van der Waals surface area contributed by atoms with Crippen molar-refractivity contribution >= 4 is 5.97 Å². The van der Waals surface area contributed by atoms with E-state index in [1.165, 1.54) is 0 Å². The van der Waals surface area contributed by atoms with Gasteiger partial charge in [-0.3, -0.25) is 0 Å². The number of aromatic nitrogens is 1. The van der Waals surface area contributed by atoms with Crippen molar-refractivity contribution in [2.45, 2.75) is 46.5 Å². The summed E-state index contributed by atoms with van der Waals surface area (Å²) in [6.45, 7) is 9.82. The van der Waals surface area contributed by atoms with E-state index in [0.29, 0.717) is 23.8 Å². The summed E-state index contributed by atoms with van der Waals surface area (Å²) in [5.74, 6) is -0.131. The number of carboxylic acids is 1. The number of carbonyl (C=O) groups is 1. The van der Waals surface area contributed by atoms with Crippen molar-refractivity contribution in [1.29, 1.82) is 0 Å². The summed E-state index contributed by atoms with van der Waals surface area (Å²) < 4.78 is 5.16. The second-order valence-corrected chi connectivity index (χ2v) is 5.48. The molecular weight excluding hydrogens is 206 g/mol. The van der Waals surface area contributed by atoms with Crippen molar-refractivity contribution < 1.29 is 14.4 Å². The van der Waals surface area contributed by atoms with E-state index in [1.54, 1.807) is 0 Å². The Morgan fingerprint density at radius 2 is 2.00 bits per heavy atom. The van der Waals surface area contributed by atoms with Gasteiger partial charge < -0.3 is 9.63 Å². The molecule has 4 heteroatoms. The Balaban J connectivity index is 3.23. The van der Waals surface area contributed by atoms with Crippen LogP contribution in [0.4, 0.5) is 0 Å². The van der Waals surface area contributed by atoms with Crippen molar-refractivity contribution in [2.24, 2.45) is 5.92 Å². The summed E-state index contributed by atoms with van der Waals surface area (Å²) in [5, 5.41) is 13.1. The Kier molecular flexibility index (Phi) is 3.41. The normalized spacial score (nSPS) is 12.1. The maximum atomic E-state index is 11.2. The van der Waals surface area contributed by atoms with Gasteiger partial charge in [0.1, 0.15) is 11.3 Å². The lowest BCUT2D eigenvalue weighted by atomic mass is 9.88. The van der Waals surface area contributed by atoms with E-state index in [9.17, 15) is 9.90 Å². The van der Waals surface area contributed by atoms with Crippen LogP contribution in [0.5, 0.6) is 0 Å². The highest BCUT2D eigenvalue weighted by molar-refractivity contribution is 5.90. The SMILES string of the molecule is CC(C)Cc1onc(C(C)(C)C)c1C(=O)O. The topological polar surface area (TPSA) is 63.3 Å². The van der Waals surface area contributed by atoms with Crippen LogP contribution in [-0.4, -0.2) is 16.2 Å². The maximum Gasteiger partial charge on any atom is 0.341 e. The molecule has 90 valence electrons. The second kappa shape index (κ2) is 4.28. The molecule has 0 spiro atoms. The molecule has 4 nitrogen and oxygen atoms in total. The molecule has 0 saturated carbocycles. The minimum Gasteiger partial charge on any atom is -0.477 e. The quantitative estimate of drug-likeness (QED) is 0.859. The highest BCUT2D eigenvalue weighted by Gasteiger charge is 2.30. The van der Waals surface area contributed by atoms with Crippen LogP contribution in [0.15, 0.2) is 4.52 Å². The highest BCUT2D eigenvalue weighted by atomic mass is 16.5. The molecule has 16 heavy (non-hydrogen) atoms. The molecular formula is C12H19NO3. The van der Waals surface area contributed by atoms with Crippen LogP contribution in [0.1, 0.15) is 56.4 Å². The lowest BCUT2D eigenvalue weighted by Crippen LogP contribution is -2.17. The lowest BCUT2D eigenvalue weighted by Gasteiger charge is -2.15. The molecule has 0 atom stereocenters. The average molecular weight is 225 g/mol. The third-order valence-corrected chi connectivity index (χ3v) is 2.28. The van der Waals surface area contributed by atoms with Crippen LogP contribution < -0.4 is 0 Å². The van der Waals surface area contributed by atoms with E-state index in [4.69, 9.17) is 4.52 Å². The molecule has 0 unspecified atom stereocenters. The van der Waals surface area contributed by atoms with Gasteiger partial charge in [0.15, 0.2) is 5.76 Å². The Morgan fingerprint density at radius 3 is 2.38 bits per heavy atom. The van der Waals surface area contributed by atoms with E-state index in [1.807, 2.05) is 34.6 Å². The Morgan fingerprint density at radius 1 is 1.44 bits per heavy atom. The van der Waals surface area contributed by atoms with E-state index in [2.05, 4.69) is 5.16 Å². The first-order chi connectivity index (χ1) is 7.23. The van der Waals surface area contributed by atoms with Crippen molar-refractivity contribution in [3.63, 3.8) is 0 Å². The summed E-state index contributed by atoms with van der Waals surface area (Å²) in [4.78, 5) is 11.2. The van der Waals surface area contributed by atoms with Crippen molar-refractivity contribution in [1.82, 2.24) is 5.16 Å². The predicted octanol–water partition coefficient (Wildman–Crippen LogP) is 2.87. The molecule has 0 aliphatic rings. The smallest absolute Gasteiger partial charge is 0.341 e. The highest BCUT2D eigenvalue weighted by Crippen LogP contribution is 2.28. The lowest BCUT2D eigenvalue weighted by molar-refractivity contribution is 0.0692. The molecule has 1 N–H and O–H groups in total. The standard InChI is InChI=1S/C12H19NO3/c1-7(2)6-8-9(11(14)15)10(13-16-8)12(3,4)5/h7H,6H2,1-5H3,(H,14,15). The van der Waals surface area contributed by atoms with Crippen LogP contribution in [0.2, 0.25) is 0 Å². The van der Waals surface area contributed by atoms with Crippen LogP contribution in [0.25, 0.3) is 0 Å². The minimum atomic E-state index is -0.957. The number of nitrogens with zero attached hydrogens (tertiary/aromatic N) is 1. The number of aromatic carboxylic acids is 1. The van der Waals surface area contributed by atoms with Crippen LogP contribution in [0, 0.1) is 5.92 Å². The molecule has 1 aromatic heterocycles. The molecule has 1 heterocycles. The number of hydrogen-bond donors (Lipinski definition) is 1. The van der Waals surface area contributed by atoms with Gasteiger partial charge in [-0.2, -0.15) is 0 Å². The minimum absolute atomic E-state index is 0.237. The molecule has 1 aromatic rings. The van der Waals surface area contributed by atoms with Crippen LogP contribution in [0.3, 0.4) is 0 Å². The van der Waals surface area contributed by atoms with Gasteiger partial charge in [-0.15, -0.1) is 0 Å². The molecule has 0 aromatic carbocycles. The number of hydrogen-bond acceptors (Lipinski definition) is 3. The molecule has 0 aliphatic carbocycles. The van der Waals surface area contributed by atoms with Gasteiger partial charge in [-0.05, 0) is 5.92 Å². The van der Waals surface area contributed by atoms with Gasteiger partial charge >= 0.3 is 5.97 Å². The van der Waals surface area contributed by atoms with E-state index in [0.717, 1.165) is 0 Å². The molecule has 1 rings (SSSR count). The first-order valence-electron chi connectivity index (χ1n) is 5.45. The molecule has 0 saturated heterocycles. The van der Waals surface area contributed by atoms with Crippen molar-refractivity contribution in [2.75, 3.05) is 0 Å². The van der Waals surface area contributed by atoms with Gasteiger partial charge in [-0.25, -0.2) is 4.79 Å². The molecule has 0 bridgehead atoms. The Labute approximate surface area is 95.6 Å². The fourth-order valence-electron chi connectivity index (χ4n) is 1.57. The van der Waals surface area contributed by atoms with Crippen LogP contribution in [-0.2, 0) is 11.8 Å². The van der Waals surface area contributed by atoms with E-state index in [-0.39, 0.29) is 11.0 Å². The molecule has 0 radical (unpaired) electrons. The van der Waals surface area contributed by atoms with Gasteiger partial charge in [-0.1, -0.05) is 39.8 Å². The third kappa shape index (κ3) is 2.62. The molecule has 0 fully saturated rings. The predicted molar refractivity (Wildman–Crippen MR) is 60.7 cm³/mol. The van der Waals surface area contributed by atoms with E-state index < -0.39 is 5.97 Å². The summed E-state index contributed by atoms with van der Waals surface area (Å²) in [5.41, 5.74) is 0.448. The van der Waals surface area contributed by atoms with E-state index >= 15 is 0 Å². The zero-order chi connectivity index (χ0) is 12.5. The van der Waals surface area contributed by atoms with Crippen LogP contribution >= 0.6 is 0 Å².